The Hall–Kier alpha value is -0.660. The van der Waals surface area contributed by atoms with Crippen molar-refractivity contribution in [3.63, 3.8) is 0 Å². The molecule has 1 atom stereocenters. The van der Waals surface area contributed by atoms with Crippen LogP contribution >= 0.6 is 0 Å². The van der Waals surface area contributed by atoms with E-state index in [9.17, 15) is 9.59 Å². The lowest BCUT2D eigenvalue weighted by atomic mass is 9.93. The van der Waals surface area contributed by atoms with E-state index in [4.69, 9.17) is 0 Å². The second-order valence-electron chi connectivity index (χ2n) is 3.36. The average molecular weight is 156 g/mol. The summed E-state index contributed by atoms with van der Waals surface area (Å²) in [5, 5.41) is 0. The Morgan fingerprint density at radius 3 is 1.91 bits per heavy atom. The first-order valence-electron chi connectivity index (χ1n) is 3.98. The average Bonchev–Trinajstić information content (AvgIpc) is 1.84. The lowest BCUT2D eigenvalue weighted by molar-refractivity contribution is -0.128. The van der Waals surface area contributed by atoms with Crippen LogP contribution in [-0.2, 0) is 9.59 Å². The van der Waals surface area contributed by atoms with Crippen LogP contribution in [0.5, 0.6) is 0 Å². The Labute approximate surface area is 68.0 Å². The molecule has 0 fully saturated rings. The summed E-state index contributed by atoms with van der Waals surface area (Å²) >= 11 is 0. The summed E-state index contributed by atoms with van der Waals surface area (Å²) < 4.78 is 0. The number of carbonyl (C=O) groups is 2. The fourth-order valence-corrected chi connectivity index (χ4v) is 1.10. The molecular formula is C9H16O2. The van der Waals surface area contributed by atoms with Crippen molar-refractivity contribution in [3.05, 3.63) is 0 Å². The number of hydrogen-bond donors (Lipinski definition) is 0. The monoisotopic (exact) mass is 156 g/mol. The van der Waals surface area contributed by atoms with Gasteiger partial charge in [0.15, 0.2) is 0 Å². The van der Waals surface area contributed by atoms with Crippen molar-refractivity contribution in [3.8, 4) is 0 Å². The van der Waals surface area contributed by atoms with Gasteiger partial charge < -0.3 is 4.79 Å². The van der Waals surface area contributed by atoms with E-state index in [1.54, 1.807) is 0 Å². The molecule has 0 aromatic rings. The number of carbonyl (C=O) groups excluding carboxylic acids is 2. The summed E-state index contributed by atoms with van der Waals surface area (Å²) in [6.07, 6.45) is 0.386. The molecule has 0 bridgehead atoms. The standard InChI is InChI=1S/C9H16O2/c1-6(2)9(11)7(3)5-8(4)10/h6-7H,5H2,1-4H3/t7-/m0/s1. The summed E-state index contributed by atoms with van der Waals surface area (Å²) in [4.78, 5) is 21.9. The summed E-state index contributed by atoms with van der Waals surface area (Å²) in [5.74, 6) is 0.212. The van der Waals surface area contributed by atoms with Gasteiger partial charge in [-0.25, -0.2) is 0 Å². The highest BCUT2D eigenvalue weighted by Crippen LogP contribution is 2.10. The zero-order valence-corrected chi connectivity index (χ0v) is 7.68. The summed E-state index contributed by atoms with van der Waals surface area (Å²) in [7, 11) is 0. The van der Waals surface area contributed by atoms with Crippen molar-refractivity contribution < 1.29 is 9.59 Å². The molecule has 0 N–H and O–H groups in total. The second-order valence-corrected chi connectivity index (χ2v) is 3.36. The molecule has 0 rings (SSSR count). The quantitative estimate of drug-likeness (QED) is 0.622. The third-order valence-corrected chi connectivity index (χ3v) is 1.65. The van der Waals surface area contributed by atoms with Gasteiger partial charge in [0.1, 0.15) is 11.6 Å². The number of rotatable bonds is 4. The minimum atomic E-state index is -0.104. The number of ketones is 2. The van der Waals surface area contributed by atoms with Gasteiger partial charge in [-0.3, -0.25) is 4.79 Å². The summed E-state index contributed by atoms with van der Waals surface area (Å²) in [6.45, 7) is 7.05. The van der Waals surface area contributed by atoms with Crippen LogP contribution in [0, 0.1) is 11.8 Å². The Morgan fingerprint density at radius 2 is 1.64 bits per heavy atom. The van der Waals surface area contributed by atoms with Gasteiger partial charge in [0.25, 0.3) is 0 Å². The molecular weight excluding hydrogens is 140 g/mol. The predicted octanol–water partition coefficient (Wildman–Crippen LogP) is 1.83. The van der Waals surface area contributed by atoms with Gasteiger partial charge in [-0.15, -0.1) is 0 Å². The van der Waals surface area contributed by atoms with E-state index < -0.39 is 0 Å². The van der Waals surface area contributed by atoms with Crippen LogP contribution in [-0.4, -0.2) is 11.6 Å². The molecule has 0 aliphatic rings. The molecule has 0 spiro atoms. The lowest BCUT2D eigenvalue weighted by Crippen LogP contribution is -2.19. The molecule has 2 nitrogen and oxygen atoms in total. The maximum absolute atomic E-state index is 11.2. The van der Waals surface area contributed by atoms with Crippen molar-refractivity contribution in [2.24, 2.45) is 11.8 Å². The highest BCUT2D eigenvalue weighted by Gasteiger charge is 2.17. The fraction of sp³-hybridized carbons (Fsp3) is 0.778. The van der Waals surface area contributed by atoms with E-state index >= 15 is 0 Å². The highest BCUT2D eigenvalue weighted by atomic mass is 16.1. The normalized spacial score (nSPS) is 13.2. The minimum Gasteiger partial charge on any atom is -0.300 e. The lowest BCUT2D eigenvalue weighted by Gasteiger charge is -2.10. The molecule has 0 aliphatic heterocycles. The Morgan fingerprint density at radius 1 is 1.18 bits per heavy atom. The minimum absolute atomic E-state index is 0.0457. The van der Waals surface area contributed by atoms with Crippen LogP contribution in [0.2, 0.25) is 0 Å². The van der Waals surface area contributed by atoms with Crippen LogP contribution in [0.25, 0.3) is 0 Å². The van der Waals surface area contributed by atoms with Crippen LogP contribution in [0.1, 0.15) is 34.1 Å². The van der Waals surface area contributed by atoms with E-state index in [2.05, 4.69) is 0 Å². The van der Waals surface area contributed by atoms with E-state index in [1.165, 1.54) is 6.92 Å². The molecule has 0 unspecified atom stereocenters. The van der Waals surface area contributed by atoms with E-state index in [0.29, 0.717) is 6.42 Å². The maximum atomic E-state index is 11.2. The second kappa shape index (κ2) is 4.27. The number of hydrogen-bond acceptors (Lipinski definition) is 2. The van der Waals surface area contributed by atoms with Gasteiger partial charge >= 0.3 is 0 Å². The highest BCUT2D eigenvalue weighted by molar-refractivity contribution is 5.87. The first-order valence-corrected chi connectivity index (χ1v) is 3.98. The molecule has 0 amide bonds. The zero-order chi connectivity index (χ0) is 9.02. The third-order valence-electron chi connectivity index (χ3n) is 1.65. The maximum Gasteiger partial charge on any atom is 0.138 e. The molecule has 0 aromatic heterocycles. The van der Waals surface area contributed by atoms with Gasteiger partial charge in [-0.1, -0.05) is 20.8 Å². The Bertz CT molecular complexity index is 159. The molecule has 0 saturated heterocycles. The van der Waals surface area contributed by atoms with Gasteiger partial charge in [0.2, 0.25) is 0 Å². The molecule has 2 heteroatoms. The van der Waals surface area contributed by atoms with Crippen molar-refractivity contribution in [1.82, 2.24) is 0 Å². The molecule has 0 heterocycles. The largest absolute Gasteiger partial charge is 0.300 e. The van der Waals surface area contributed by atoms with Crippen molar-refractivity contribution in [2.45, 2.75) is 34.1 Å². The summed E-state index contributed by atoms with van der Waals surface area (Å²) in [5.41, 5.74) is 0. The molecule has 0 saturated carbocycles. The van der Waals surface area contributed by atoms with Gasteiger partial charge in [0, 0.05) is 18.3 Å². The fourth-order valence-electron chi connectivity index (χ4n) is 1.10. The molecule has 0 aliphatic carbocycles. The topological polar surface area (TPSA) is 34.1 Å². The van der Waals surface area contributed by atoms with Crippen molar-refractivity contribution in [1.29, 1.82) is 0 Å². The molecule has 0 aromatic carbocycles. The van der Waals surface area contributed by atoms with Gasteiger partial charge in [0.05, 0.1) is 0 Å². The smallest absolute Gasteiger partial charge is 0.138 e. The van der Waals surface area contributed by atoms with Crippen LogP contribution in [0.15, 0.2) is 0 Å². The Balaban J connectivity index is 3.93. The predicted molar refractivity (Wildman–Crippen MR) is 44.3 cm³/mol. The SMILES string of the molecule is CC(=O)C[C@H](C)C(=O)C(C)C. The number of Topliss-reactive ketones (excluding diaryl/α,β-unsaturated/α-hetero) is 2. The first kappa shape index (κ1) is 10.3. The third kappa shape index (κ3) is 3.91. The van der Waals surface area contributed by atoms with E-state index in [-0.39, 0.29) is 23.4 Å². The molecule has 11 heavy (non-hydrogen) atoms. The van der Waals surface area contributed by atoms with E-state index in [0.717, 1.165) is 0 Å². The molecule has 0 radical (unpaired) electrons. The Kier molecular flexibility index (Phi) is 4.01. The van der Waals surface area contributed by atoms with Crippen LogP contribution in [0.3, 0.4) is 0 Å². The van der Waals surface area contributed by atoms with Crippen LogP contribution < -0.4 is 0 Å². The first-order chi connectivity index (χ1) is 4.95. The summed E-state index contributed by atoms with van der Waals surface area (Å²) in [6, 6.07) is 0. The molecule has 64 valence electrons. The van der Waals surface area contributed by atoms with Crippen LogP contribution in [0.4, 0.5) is 0 Å². The zero-order valence-electron chi connectivity index (χ0n) is 7.68. The van der Waals surface area contributed by atoms with Gasteiger partial charge in [-0.05, 0) is 6.92 Å². The van der Waals surface area contributed by atoms with E-state index in [1.807, 2.05) is 20.8 Å². The van der Waals surface area contributed by atoms with Crippen molar-refractivity contribution >= 4 is 11.6 Å². The van der Waals surface area contributed by atoms with Gasteiger partial charge in [-0.2, -0.15) is 0 Å². The van der Waals surface area contributed by atoms with Crippen molar-refractivity contribution in [2.75, 3.05) is 0 Å².